The Balaban J connectivity index is 2.19. The van der Waals surface area contributed by atoms with Crippen LogP contribution in [0, 0.1) is 20.8 Å². The molecule has 18 heavy (non-hydrogen) atoms. The lowest BCUT2D eigenvalue weighted by atomic mass is 10.1. The highest BCUT2D eigenvalue weighted by Crippen LogP contribution is 2.26. The normalized spacial score (nSPS) is 10.4. The molecule has 0 amide bonds. The Bertz CT molecular complexity index is 538. The van der Waals surface area contributed by atoms with Crippen molar-refractivity contribution in [2.24, 2.45) is 0 Å². The molecule has 0 radical (unpaired) electrons. The van der Waals surface area contributed by atoms with E-state index in [2.05, 4.69) is 54.9 Å². The van der Waals surface area contributed by atoms with E-state index >= 15 is 0 Å². The van der Waals surface area contributed by atoms with E-state index in [1.165, 1.54) is 16.7 Å². The van der Waals surface area contributed by atoms with E-state index in [0.717, 1.165) is 15.8 Å². The third kappa shape index (κ3) is 2.94. The Morgan fingerprint density at radius 1 is 1.00 bits per heavy atom. The molecule has 1 nitrogen and oxygen atoms in total. The van der Waals surface area contributed by atoms with Crippen LogP contribution in [-0.4, -0.2) is 0 Å². The van der Waals surface area contributed by atoms with Gasteiger partial charge in [-0.2, -0.15) is 0 Å². The average molecular weight is 305 g/mol. The van der Waals surface area contributed by atoms with Gasteiger partial charge in [-0.15, -0.1) is 0 Å². The smallest absolute Gasteiger partial charge is 0.125 e. The van der Waals surface area contributed by atoms with E-state index in [1.54, 1.807) is 0 Å². The van der Waals surface area contributed by atoms with Crippen molar-refractivity contribution in [2.75, 3.05) is 0 Å². The highest BCUT2D eigenvalue weighted by Gasteiger charge is 2.06. The summed E-state index contributed by atoms with van der Waals surface area (Å²) in [4.78, 5) is 0. The van der Waals surface area contributed by atoms with Crippen LogP contribution in [-0.2, 0) is 6.61 Å². The lowest BCUT2D eigenvalue weighted by Gasteiger charge is -2.13. The van der Waals surface area contributed by atoms with Gasteiger partial charge in [0.2, 0.25) is 0 Å². The highest BCUT2D eigenvalue weighted by atomic mass is 79.9. The van der Waals surface area contributed by atoms with Crippen LogP contribution in [0.25, 0.3) is 0 Å². The summed E-state index contributed by atoms with van der Waals surface area (Å²) in [5.41, 5.74) is 4.83. The molecule has 2 rings (SSSR count). The summed E-state index contributed by atoms with van der Waals surface area (Å²) in [6, 6.07) is 12.5. The minimum atomic E-state index is 0.589. The number of ether oxygens (including phenoxy) is 1. The summed E-state index contributed by atoms with van der Waals surface area (Å²) < 4.78 is 7.05. The first-order chi connectivity index (χ1) is 8.58. The zero-order valence-electron chi connectivity index (χ0n) is 11.0. The van der Waals surface area contributed by atoms with Gasteiger partial charge < -0.3 is 4.74 Å². The second-order valence-corrected chi connectivity index (χ2v) is 5.46. The van der Waals surface area contributed by atoms with Crippen molar-refractivity contribution >= 4 is 15.9 Å². The molecule has 0 unspecified atom stereocenters. The van der Waals surface area contributed by atoms with Crippen LogP contribution in [0.2, 0.25) is 0 Å². The maximum absolute atomic E-state index is 5.96. The van der Waals surface area contributed by atoms with Gasteiger partial charge in [-0.3, -0.25) is 0 Å². The van der Waals surface area contributed by atoms with Crippen LogP contribution in [0.4, 0.5) is 0 Å². The van der Waals surface area contributed by atoms with Gasteiger partial charge in [-0.1, -0.05) is 51.8 Å². The SMILES string of the molecule is Cc1cc(C)c(OCc2ccccc2Br)c(C)c1. The summed E-state index contributed by atoms with van der Waals surface area (Å²) in [5.74, 6) is 0.997. The summed E-state index contributed by atoms with van der Waals surface area (Å²) in [5, 5.41) is 0. The van der Waals surface area contributed by atoms with Gasteiger partial charge in [0.1, 0.15) is 12.4 Å². The lowest BCUT2D eigenvalue weighted by molar-refractivity contribution is 0.301. The predicted octanol–water partition coefficient (Wildman–Crippen LogP) is 4.95. The molecule has 0 spiro atoms. The van der Waals surface area contributed by atoms with Crippen molar-refractivity contribution in [3.63, 3.8) is 0 Å². The van der Waals surface area contributed by atoms with Gasteiger partial charge in [0.05, 0.1) is 0 Å². The Labute approximate surface area is 117 Å². The molecule has 0 atom stereocenters. The number of rotatable bonds is 3. The fraction of sp³-hybridized carbons (Fsp3) is 0.250. The molecular formula is C16H17BrO. The van der Waals surface area contributed by atoms with Gasteiger partial charge in [0.25, 0.3) is 0 Å². The molecule has 0 N–H and O–H groups in total. The van der Waals surface area contributed by atoms with Gasteiger partial charge >= 0.3 is 0 Å². The summed E-state index contributed by atoms with van der Waals surface area (Å²) in [6.07, 6.45) is 0. The van der Waals surface area contributed by atoms with Crippen LogP contribution < -0.4 is 4.74 Å². The molecule has 2 aromatic rings. The first kappa shape index (κ1) is 13.2. The van der Waals surface area contributed by atoms with Gasteiger partial charge in [0, 0.05) is 10.0 Å². The molecule has 2 heteroatoms. The largest absolute Gasteiger partial charge is 0.488 e. The highest BCUT2D eigenvalue weighted by molar-refractivity contribution is 9.10. The van der Waals surface area contributed by atoms with E-state index in [1.807, 2.05) is 18.2 Å². The van der Waals surface area contributed by atoms with Crippen molar-refractivity contribution in [2.45, 2.75) is 27.4 Å². The maximum atomic E-state index is 5.96. The molecule has 0 saturated carbocycles. The number of benzene rings is 2. The third-order valence-corrected chi connectivity index (χ3v) is 3.71. The Hall–Kier alpha value is -1.28. The second-order valence-electron chi connectivity index (χ2n) is 4.61. The zero-order valence-corrected chi connectivity index (χ0v) is 12.5. The topological polar surface area (TPSA) is 9.23 Å². The molecule has 94 valence electrons. The standard InChI is InChI=1S/C16H17BrO/c1-11-8-12(2)16(13(3)9-11)18-10-14-6-4-5-7-15(14)17/h4-9H,10H2,1-3H3. The number of aryl methyl sites for hydroxylation is 3. The molecule has 0 heterocycles. The fourth-order valence-corrected chi connectivity index (χ4v) is 2.56. The van der Waals surface area contributed by atoms with E-state index in [-0.39, 0.29) is 0 Å². The first-order valence-electron chi connectivity index (χ1n) is 6.02. The molecule has 0 bridgehead atoms. The Kier molecular flexibility index (Phi) is 4.07. The monoisotopic (exact) mass is 304 g/mol. The molecule has 0 aliphatic carbocycles. The van der Waals surface area contributed by atoms with Crippen LogP contribution in [0.3, 0.4) is 0 Å². The summed E-state index contributed by atoms with van der Waals surface area (Å²) in [7, 11) is 0. The minimum absolute atomic E-state index is 0.589. The molecule has 0 aliphatic rings. The molecule has 0 saturated heterocycles. The molecule has 0 aromatic heterocycles. The van der Waals surface area contributed by atoms with Gasteiger partial charge in [-0.25, -0.2) is 0 Å². The van der Waals surface area contributed by atoms with E-state index < -0.39 is 0 Å². The van der Waals surface area contributed by atoms with E-state index in [9.17, 15) is 0 Å². The predicted molar refractivity (Wildman–Crippen MR) is 79.1 cm³/mol. The molecule has 0 aliphatic heterocycles. The third-order valence-electron chi connectivity index (χ3n) is 2.93. The molecular weight excluding hydrogens is 288 g/mol. The van der Waals surface area contributed by atoms with Gasteiger partial charge in [-0.05, 0) is 38.0 Å². The van der Waals surface area contributed by atoms with Crippen molar-refractivity contribution in [3.05, 3.63) is 63.1 Å². The van der Waals surface area contributed by atoms with Crippen LogP contribution >= 0.6 is 15.9 Å². The van der Waals surface area contributed by atoms with Crippen molar-refractivity contribution in [1.29, 1.82) is 0 Å². The molecule has 2 aromatic carbocycles. The maximum Gasteiger partial charge on any atom is 0.125 e. The first-order valence-corrected chi connectivity index (χ1v) is 6.81. The Morgan fingerprint density at radius 2 is 1.61 bits per heavy atom. The van der Waals surface area contributed by atoms with Gasteiger partial charge in [0.15, 0.2) is 0 Å². The van der Waals surface area contributed by atoms with Crippen molar-refractivity contribution in [3.8, 4) is 5.75 Å². The van der Waals surface area contributed by atoms with Crippen LogP contribution in [0.5, 0.6) is 5.75 Å². The second kappa shape index (κ2) is 5.57. The fourth-order valence-electron chi connectivity index (χ4n) is 2.16. The number of hydrogen-bond donors (Lipinski definition) is 0. The number of hydrogen-bond acceptors (Lipinski definition) is 1. The lowest BCUT2D eigenvalue weighted by Crippen LogP contribution is -2.00. The van der Waals surface area contributed by atoms with Crippen LogP contribution in [0.1, 0.15) is 22.3 Å². The Morgan fingerprint density at radius 3 is 2.22 bits per heavy atom. The average Bonchev–Trinajstić information content (AvgIpc) is 2.30. The zero-order chi connectivity index (χ0) is 13.1. The number of halogens is 1. The van der Waals surface area contributed by atoms with E-state index in [4.69, 9.17) is 4.74 Å². The summed E-state index contributed by atoms with van der Waals surface area (Å²) >= 11 is 3.54. The van der Waals surface area contributed by atoms with Crippen molar-refractivity contribution in [1.82, 2.24) is 0 Å². The molecule has 0 fully saturated rings. The van der Waals surface area contributed by atoms with E-state index in [0.29, 0.717) is 6.61 Å². The van der Waals surface area contributed by atoms with Crippen LogP contribution in [0.15, 0.2) is 40.9 Å². The summed E-state index contributed by atoms with van der Waals surface area (Å²) in [6.45, 7) is 6.88. The minimum Gasteiger partial charge on any atom is -0.488 e. The quantitative estimate of drug-likeness (QED) is 0.779. The van der Waals surface area contributed by atoms with Crippen molar-refractivity contribution < 1.29 is 4.74 Å².